The molecular formula is C19H21F2N3O5. The van der Waals surface area contributed by atoms with Crippen LogP contribution in [0.1, 0.15) is 30.7 Å². The first-order chi connectivity index (χ1) is 13.9. The van der Waals surface area contributed by atoms with Gasteiger partial charge in [-0.15, -0.1) is 0 Å². The van der Waals surface area contributed by atoms with E-state index in [0.717, 1.165) is 18.6 Å². The van der Waals surface area contributed by atoms with Crippen molar-refractivity contribution >= 4 is 23.6 Å². The van der Waals surface area contributed by atoms with Crippen molar-refractivity contribution < 1.29 is 32.6 Å². The van der Waals surface area contributed by atoms with Crippen LogP contribution in [0.4, 0.5) is 19.3 Å². The molecule has 1 unspecified atom stereocenters. The molecule has 8 nitrogen and oxygen atoms in total. The van der Waals surface area contributed by atoms with Crippen molar-refractivity contribution in [1.29, 1.82) is 0 Å². The van der Waals surface area contributed by atoms with Crippen molar-refractivity contribution in [3.63, 3.8) is 0 Å². The van der Waals surface area contributed by atoms with Gasteiger partial charge in [0.25, 0.3) is 0 Å². The van der Waals surface area contributed by atoms with E-state index in [4.69, 9.17) is 9.47 Å². The van der Waals surface area contributed by atoms with Crippen LogP contribution < -0.4 is 15.5 Å². The SMILES string of the molecule is O=C1CCC(c2c(F)cc(N3CC(OC(=O)N[C@H]4CCOC4)C3)cc2F)C(=O)N1. The van der Waals surface area contributed by atoms with Crippen LogP contribution >= 0.6 is 0 Å². The maximum absolute atomic E-state index is 14.6. The summed E-state index contributed by atoms with van der Waals surface area (Å²) in [4.78, 5) is 36.7. The molecular weight excluding hydrogens is 388 g/mol. The van der Waals surface area contributed by atoms with Gasteiger partial charge in [-0.05, 0) is 25.0 Å². The van der Waals surface area contributed by atoms with E-state index < -0.39 is 35.5 Å². The van der Waals surface area contributed by atoms with Gasteiger partial charge in [0.1, 0.15) is 17.7 Å². The van der Waals surface area contributed by atoms with Crippen LogP contribution in [0.3, 0.4) is 0 Å². The topological polar surface area (TPSA) is 97.0 Å². The summed E-state index contributed by atoms with van der Waals surface area (Å²) in [5.41, 5.74) is -0.0225. The Hall–Kier alpha value is -2.75. The second-order valence-electron chi connectivity index (χ2n) is 7.46. The van der Waals surface area contributed by atoms with Crippen LogP contribution in [0.25, 0.3) is 0 Å². The molecule has 4 rings (SSSR count). The number of nitrogens with one attached hydrogen (secondary N) is 2. The molecule has 0 bridgehead atoms. The van der Waals surface area contributed by atoms with E-state index >= 15 is 0 Å². The highest BCUT2D eigenvalue weighted by Crippen LogP contribution is 2.33. The molecule has 1 aromatic rings. The molecule has 0 saturated carbocycles. The molecule has 3 heterocycles. The molecule has 3 aliphatic rings. The zero-order valence-electron chi connectivity index (χ0n) is 15.6. The lowest BCUT2D eigenvalue weighted by Gasteiger charge is -2.40. The molecule has 3 saturated heterocycles. The zero-order chi connectivity index (χ0) is 20.5. The van der Waals surface area contributed by atoms with Gasteiger partial charge in [0, 0.05) is 24.3 Å². The number of carbonyl (C=O) groups excluding carboxylic acids is 3. The fraction of sp³-hybridized carbons (Fsp3) is 0.526. The van der Waals surface area contributed by atoms with Crippen molar-refractivity contribution in [2.24, 2.45) is 0 Å². The van der Waals surface area contributed by atoms with Gasteiger partial charge in [-0.1, -0.05) is 0 Å². The number of carbonyl (C=O) groups is 3. The van der Waals surface area contributed by atoms with Crippen LogP contribution in [0.15, 0.2) is 12.1 Å². The van der Waals surface area contributed by atoms with Gasteiger partial charge in [-0.25, -0.2) is 13.6 Å². The number of imide groups is 1. The Labute approximate surface area is 165 Å². The third kappa shape index (κ3) is 4.16. The van der Waals surface area contributed by atoms with Crippen LogP contribution in [0.2, 0.25) is 0 Å². The van der Waals surface area contributed by atoms with E-state index in [1.54, 1.807) is 4.90 Å². The van der Waals surface area contributed by atoms with Crippen molar-refractivity contribution in [3.05, 3.63) is 29.3 Å². The Balaban J connectivity index is 1.35. The molecule has 1 aromatic carbocycles. The molecule has 0 spiro atoms. The highest BCUT2D eigenvalue weighted by Gasteiger charge is 2.35. The number of alkyl carbamates (subject to hydrolysis) is 1. The Bertz CT molecular complexity index is 814. The lowest BCUT2D eigenvalue weighted by molar-refractivity contribution is -0.134. The predicted octanol–water partition coefficient (Wildman–Crippen LogP) is 1.19. The summed E-state index contributed by atoms with van der Waals surface area (Å²) >= 11 is 0. The smallest absolute Gasteiger partial charge is 0.407 e. The summed E-state index contributed by atoms with van der Waals surface area (Å²) in [5, 5.41) is 4.82. The van der Waals surface area contributed by atoms with Crippen LogP contribution in [-0.2, 0) is 19.1 Å². The fourth-order valence-corrected chi connectivity index (χ4v) is 3.78. The minimum absolute atomic E-state index is 0.0389. The number of hydrogen-bond donors (Lipinski definition) is 2. The van der Waals surface area contributed by atoms with Crippen LogP contribution in [0.5, 0.6) is 0 Å². The van der Waals surface area contributed by atoms with Crippen molar-refractivity contribution in [3.8, 4) is 0 Å². The third-order valence-corrected chi connectivity index (χ3v) is 5.39. The Morgan fingerprint density at radius 3 is 2.55 bits per heavy atom. The van der Waals surface area contributed by atoms with Gasteiger partial charge < -0.3 is 19.7 Å². The second kappa shape index (κ2) is 7.94. The third-order valence-electron chi connectivity index (χ3n) is 5.39. The van der Waals surface area contributed by atoms with Gasteiger partial charge in [-0.3, -0.25) is 14.9 Å². The highest BCUT2D eigenvalue weighted by atomic mass is 19.1. The molecule has 10 heteroatoms. The number of amides is 3. The molecule has 0 aliphatic carbocycles. The van der Waals surface area contributed by atoms with Gasteiger partial charge in [0.05, 0.1) is 31.7 Å². The zero-order valence-corrected chi connectivity index (χ0v) is 15.6. The van der Waals surface area contributed by atoms with Crippen molar-refractivity contribution in [1.82, 2.24) is 10.6 Å². The second-order valence-corrected chi connectivity index (χ2v) is 7.46. The molecule has 3 fully saturated rings. The lowest BCUT2D eigenvalue weighted by Crippen LogP contribution is -2.54. The van der Waals surface area contributed by atoms with Crippen LogP contribution in [0, 0.1) is 11.6 Å². The molecule has 0 aromatic heterocycles. The molecule has 3 amide bonds. The summed E-state index contributed by atoms with van der Waals surface area (Å²) in [6, 6.07) is 2.27. The Morgan fingerprint density at radius 1 is 1.21 bits per heavy atom. The molecule has 29 heavy (non-hydrogen) atoms. The van der Waals surface area contributed by atoms with Crippen molar-refractivity contribution in [2.45, 2.75) is 37.3 Å². The first-order valence-corrected chi connectivity index (χ1v) is 9.53. The summed E-state index contributed by atoms with van der Waals surface area (Å²) in [6.07, 6.45) is -0.0613. The maximum atomic E-state index is 14.6. The van der Waals surface area contributed by atoms with E-state index in [1.807, 2.05) is 0 Å². The summed E-state index contributed by atoms with van der Waals surface area (Å²) in [5.74, 6) is -3.84. The lowest BCUT2D eigenvalue weighted by atomic mass is 9.89. The average Bonchev–Trinajstić information content (AvgIpc) is 3.11. The number of benzene rings is 1. The number of rotatable bonds is 4. The van der Waals surface area contributed by atoms with E-state index in [0.29, 0.717) is 32.0 Å². The van der Waals surface area contributed by atoms with E-state index in [-0.39, 0.29) is 30.6 Å². The van der Waals surface area contributed by atoms with Gasteiger partial charge in [-0.2, -0.15) is 0 Å². The Morgan fingerprint density at radius 2 is 1.93 bits per heavy atom. The highest BCUT2D eigenvalue weighted by molar-refractivity contribution is 6.01. The summed E-state index contributed by atoms with van der Waals surface area (Å²) in [7, 11) is 0. The minimum atomic E-state index is -1.03. The van der Waals surface area contributed by atoms with E-state index in [9.17, 15) is 23.2 Å². The quantitative estimate of drug-likeness (QED) is 0.726. The monoisotopic (exact) mass is 409 g/mol. The first kappa shape index (κ1) is 19.6. The number of piperidine rings is 1. The molecule has 3 aliphatic heterocycles. The number of hydrogen-bond acceptors (Lipinski definition) is 6. The van der Waals surface area contributed by atoms with Gasteiger partial charge in [0.2, 0.25) is 11.8 Å². The number of ether oxygens (including phenoxy) is 2. The predicted molar refractivity (Wildman–Crippen MR) is 96.3 cm³/mol. The van der Waals surface area contributed by atoms with Crippen LogP contribution in [-0.4, -0.2) is 56.4 Å². The van der Waals surface area contributed by atoms with E-state index in [1.165, 1.54) is 0 Å². The number of halogens is 2. The fourth-order valence-electron chi connectivity index (χ4n) is 3.78. The Kier molecular flexibility index (Phi) is 5.35. The normalized spacial score (nSPS) is 24.8. The minimum Gasteiger partial charge on any atom is -0.442 e. The molecule has 2 N–H and O–H groups in total. The molecule has 156 valence electrons. The molecule has 0 radical (unpaired) electrons. The average molecular weight is 409 g/mol. The van der Waals surface area contributed by atoms with E-state index in [2.05, 4.69) is 10.6 Å². The van der Waals surface area contributed by atoms with Gasteiger partial charge >= 0.3 is 6.09 Å². The molecule has 2 atom stereocenters. The van der Waals surface area contributed by atoms with Crippen molar-refractivity contribution in [2.75, 3.05) is 31.2 Å². The van der Waals surface area contributed by atoms with Gasteiger partial charge in [0.15, 0.2) is 0 Å². The summed E-state index contributed by atoms with van der Waals surface area (Å²) < 4.78 is 39.6. The summed E-state index contributed by atoms with van der Waals surface area (Å²) in [6.45, 7) is 1.69. The first-order valence-electron chi connectivity index (χ1n) is 9.53. The largest absolute Gasteiger partial charge is 0.442 e. The maximum Gasteiger partial charge on any atom is 0.407 e. The standard InChI is InChI=1S/C19H21F2N3O5/c20-14-5-11(6-15(21)17(14)13-1-2-16(25)23-18(13)26)24-7-12(8-24)29-19(27)22-10-3-4-28-9-10/h5-6,10,12-13H,1-4,7-9H2,(H,22,27)(H,23,25,26)/t10-,13?/m0/s1. The number of nitrogens with zero attached hydrogens (tertiary/aromatic N) is 1. The number of anilines is 1.